The van der Waals surface area contributed by atoms with Gasteiger partial charge in [0.2, 0.25) is 0 Å². The minimum Gasteiger partial charge on any atom is -0.101 e. The monoisotopic (exact) mass is 745 g/mol. The number of benzene rings is 7. The molecule has 0 atom stereocenters. The lowest BCUT2D eigenvalue weighted by atomic mass is 9.56. The predicted octanol–water partition coefficient (Wildman–Crippen LogP) is -30.3. The number of fused-ring (bicyclic) bond motifs is 6. The molecule has 0 spiro atoms. The molecule has 60 heavy (non-hydrogen) atoms. The van der Waals surface area contributed by atoms with Crippen LogP contribution in [-0.2, 0) is 0 Å². The van der Waals surface area contributed by atoms with Crippen molar-refractivity contribution in [2.45, 2.75) is 5.92 Å². The van der Waals surface area contributed by atoms with Gasteiger partial charge in [-0.3, -0.25) is 0 Å². The summed E-state index contributed by atoms with van der Waals surface area (Å²) < 4.78 is 0. The summed E-state index contributed by atoms with van der Waals surface area (Å²) in [6, 6.07) is 0. The van der Waals surface area contributed by atoms with Crippen LogP contribution in [0.15, 0.2) is 0 Å². The van der Waals surface area contributed by atoms with E-state index >= 15 is 0 Å². The Hall–Kier alpha value is -3.19. The average Bonchev–Trinajstić information content (AvgIpc) is 3.48. The minimum absolute atomic E-state index is 0.185. The van der Waals surface area contributed by atoms with Crippen molar-refractivity contribution in [1.82, 2.24) is 0 Å². The van der Waals surface area contributed by atoms with Gasteiger partial charge >= 0.3 is 0 Å². The highest BCUT2D eigenvalue weighted by atomic mass is 14.3. The first-order valence-corrected chi connectivity index (χ1v) is 22.6. The Bertz CT molecular complexity index is 3270. The Morgan fingerprint density at radius 2 is 0.433 bits per heavy atom. The number of rotatable bonds is 2. The van der Waals surface area contributed by atoms with E-state index in [-0.39, 0.29) is 5.92 Å². The first-order valence-electron chi connectivity index (χ1n) is 22.6. The van der Waals surface area contributed by atoms with Crippen molar-refractivity contribution in [2.24, 2.45) is 0 Å². The third-order valence-electron chi connectivity index (χ3n) is 17.9. The highest BCUT2D eigenvalue weighted by Crippen LogP contribution is 2.42. The molecule has 0 radical (unpaired) electrons. The van der Waals surface area contributed by atoms with Crippen molar-refractivity contribution >= 4 is 349 Å². The van der Waals surface area contributed by atoms with Gasteiger partial charge in [0.15, 0.2) is 0 Å². The van der Waals surface area contributed by atoms with Crippen LogP contribution in [0.3, 0.4) is 0 Å². The molecule has 0 saturated carbocycles. The van der Waals surface area contributed by atoms with Gasteiger partial charge in [0, 0.05) is 5.92 Å². The van der Waals surface area contributed by atoms with Crippen LogP contribution in [0.1, 0.15) is 11.5 Å². The van der Waals surface area contributed by atoms with Crippen molar-refractivity contribution in [3.63, 3.8) is 0 Å². The lowest BCUT2D eigenvalue weighted by molar-refractivity contribution is 1.25. The zero-order valence-electron chi connectivity index (χ0n) is 41.6. The highest BCUT2D eigenvalue weighted by molar-refractivity contribution is 6.76. The molecule has 7 aromatic rings. The normalized spacial score (nSPS) is 13.1. The Balaban J connectivity index is 1.75. The summed E-state index contributed by atoms with van der Waals surface area (Å²) in [5.74, 6) is 0.185. The fourth-order valence-corrected chi connectivity index (χ4v) is 12.8. The molecule has 0 heterocycles. The van der Waals surface area contributed by atoms with E-state index in [2.05, 4.69) is 180 Å². The third-order valence-corrected chi connectivity index (χ3v) is 17.9. The summed E-state index contributed by atoms with van der Waals surface area (Å²) in [6.07, 6.45) is 0. The Morgan fingerprint density at radius 3 is 0.800 bits per heavy atom. The molecule has 0 amide bonds. The van der Waals surface area contributed by atoms with Gasteiger partial charge in [-0.1, -0.05) is 82.0 Å². The van der Waals surface area contributed by atoms with E-state index in [4.69, 9.17) is 0 Å². The molecule has 23 heteroatoms. The van der Waals surface area contributed by atoms with Crippen LogP contribution in [0.2, 0.25) is 0 Å². The van der Waals surface area contributed by atoms with E-state index < -0.39 is 0 Å². The van der Waals surface area contributed by atoms with Gasteiger partial charge < -0.3 is 0 Å². The molecule has 0 unspecified atom stereocenters. The molecule has 0 aromatic heterocycles. The van der Waals surface area contributed by atoms with Crippen LogP contribution >= 0.6 is 0 Å². The first-order chi connectivity index (χ1) is 27.9. The molecule has 0 nitrogen and oxygen atoms in total. The maximum Gasteiger partial charge on any atom is 0.140 e. The second-order valence-electron chi connectivity index (χ2n) is 19.8. The zero-order chi connectivity index (χ0) is 44.4. The van der Waals surface area contributed by atoms with Crippen LogP contribution in [0.5, 0.6) is 0 Å². The van der Waals surface area contributed by atoms with Crippen molar-refractivity contribution in [3.8, 4) is 11.1 Å². The van der Waals surface area contributed by atoms with Crippen LogP contribution in [0.25, 0.3) is 65.2 Å². The van der Waals surface area contributed by atoms with E-state index in [0.29, 0.717) is 0 Å². The molecule has 8 rings (SSSR count). The Labute approximate surface area is 379 Å². The molecule has 0 aliphatic heterocycles. The summed E-state index contributed by atoms with van der Waals surface area (Å²) in [5, 5.41) is 14.7. The van der Waals surface area contributed by atoms with Crippen LogP contribution in [0, 0.1) is 0 Å². The molecule has 0 saturated heterocycles. The summed E-state index contributed by atoms with van der Waals surface area (Å²) in [4.78, 5) is 0. The molecule has 7 aromatic carbocycles. The quantitative estimate of drug-likeness (QED) is 0.0941. The van der Waals surface area contributed by atoms with Gasteiger partial charge in [0.25, 0.3) is 0 Å². The largest absolute Gasteiger partial charge is 0.140 e. The lowest BCUT2D eigenvalue weighted by Gasteiger charge is -2.33. The molecule has 0 bridgehead atoms. The van der Waals surface area contributed by atoms with E-state index in [1.54, 1.807) is 0 Å². The van der Waals surface area contributed by atoms with E-state index in [0.717, 1.165) is 0 Å². The molecule has 264 valence electrons. The van der Waals surface area contributed by atoms with Crippen LogP contribution in [-0.4, -0.2) is 180 Å². The molecule has 1 aliphatic carbocycles. The van der Waals surface area contributed by atoms with Gasteiger partial charge in [0.1, 0.15) is 180 Å². The third kappa shape index (κ3) is 5.32. The standard InChI is InChI=1S/C37H47B23/c38-15-7-8-12(27(50)35(58)34(57)22(8)45)26(49)25(48)11(7)24(47)23(46)10(15)2-5-3(18(41)30(53)32(55)20(5)43)1(4-6(2)21(44)33(56)31(54)19(4)42)9-16(39)13-14(17(9)40)29(52)37(60)36(59)28(13)51/h9H,38-60H2. The van der Waals surface area contributed by atoms with E-state index in [9.17, 15) is 0 Å². The number of hydrogen-bond donors (Lipinski definition) is 0. The van der Waals surface area contributed by atoms with E-state index in [1.807, 2.05) is 0 Å². The highest BCUT2D eigenvalue weighted by Gasteiger charge is 2.33. The van der Waals surface area contributed by atoms with Crippen LogP contribution in [0.4, 0.5) is 0 Å². The summed E-state index contributed by atoms with van der Waals surface area (Å²) in [6.45, 7) is 0. The van der Waals surface area contributed by atoms with Gasteiger partial charge in [0.05, 0.1) is 0 Å². The van der Waals surface area contributed by atoms with Gasteiger partial charge in [-0.25, -0.2) is 0 Å². The van der Waals surface area contributed by atoms with Crippen molar-refractivity contribution in [2.75, 3.05) is 0 Å². The molecule has 1 aliphatic rings. The SMILES string of the molecule is BC1=c2c(B)c(B)c(B)c(B)c2=C(B)C1c1c2c(B)c(B)c(B)c(B)c2c(-c2c(B)c(B)c3c(B)c(B)c4c(B)c(B)c(B)c(B)c4c3c2B)c2c(B)c(B)c(B)c(B)c12. The van der Waals surface area contributed by atoms with Crippen LogP contribution < -0.4 is 125 Å². The average molecular weight is 740 g/mol. The fourth-order valence-electron chi connectivity index (χ4n) is 12.8. The smallest absolute Gasteiger partial charge is 0.101 e. The molecule has 0 fully saturated rings. The zero-order valence-corrected chi connectivity index (χ0v) is 41.6. The summed E-state index contributed by atoms with van der Waals surface area (Å²) in [7, 11) is 55.1. The molecular weight excluding hydrogens is 693 g/mol. The summed E-state index contributed by atoms with van der Waals surface area (Å²) >= 11 is 0. The van der Waals surface area contributed by atoms with Crippen molar-refractivity contribution in [1.29, 1.82) is 0 Å². The van der Waals surface area contributed by atoms with Gasteiger partial charge in [-0.2, -0.15) is 0 Å². The van der Waals surface area contributed by atoms with Crippen molar-refractivity contribution in [3.05, 3.63) is 16.0 Å². The lowest BCUT2D eigenvalue weighted by Crippen LogP contribution is -2.63. The summed E-state index contributed by atoms with van der Waals surface area (Å²) in [5.41, 5.74) is 37.4. The first kappa shape index (κ1) is 43.5. The Kier molecular flexibility index (Phi) is 10.5. The van der Waals surface area contributed by atoms with Crippen molar-refractivity contribution < 1.29 is 0 Å². The van der Waals surface area contributed by atoms with Gasteiger partial charge in [-0.05, 0) is 70.2 Å². The van der Waals surface area contributed by atoms with E-state index in [1.165, 1.54) is 196 Å². The Morgan fingerprint density at radius 1 is 0.183 bits per heavy atom. The topological polar surface area (TPSA) is 0 Å². The van der Waals surface area contributed by atoms with Gasteiger partial charge in [-0.15, -0.1) is 43.7 Å². The molecular formula is C37H47B23. The predicted molar refractivity (Wildman–Crippen MR) is 346 cm³/mol. The number of hydrogen-bond acceptors (Lipinski definition) is 0. The maximum absolute atomic E-state index is 2.47. The maximum atomic E-state index is 2.47. The second-order valence-corrected chi connectivity index (χ2v) is 19.8. The second kappa shape index (κ2) is 14.4. The fraction of sp³-hybridized carbons (Fsp3) is 0.0270. The minimum atomic E-state index is 0.185. The molecule has 0 N–H and O–H groups in total.